The monoisotopic (exact) mass is 350 g/mol. The van der Waals surface area contributed by atoms with Crippen molar-refractivity contribution < 1.29 is 14.3 Å². The molecule has 1 amide bonds. The predicted octanol–water partition coefficient (Wildman–Crippen LogP) is 2.38. The fourth-order valence-corrected chi connectivity index (χ4v) is 3.44. The van der Waals surface area contributed by atoms with Gasteiger partial charge in [-0.2, -0.15) is 0 Å². The van der Waals surface area contributed by atoms with Gasteiger partial charge in [0.25, 0.3) is 5.91 Å². The number of hydrogen-bond donors (Lipinski definition) is 0. The number of ether oxygens (including phenoxy) is 1. The number of thiophene rings is 1. The van der Waals surface area contributed by atoms with E-state index in [2.05, 4.69) is 0 Å². The lowest BCUT2D eigenvalue weighted by Crippen LogP contribution is -2.49. The number of nitrogens with zero attached hydrogens (tertiary/aromatic N) is 2. The summed E-state index contributed by atoms with van der Waals surface area (Å²) in [6.45, 7) is 4.89. The number of carbonyl (C=O) groups is 2. The molecule has 2 rings (SSSR count). The molecule has 0 spiro atoms. The minimum atomic E-state index is -0.228. The van der Waals surface area contributed by atoms with Crippen molar-refractivity contribution in [3.8, 4) is 0 Å². The summed E-state index contributed by atoms with van der Waals surface area (Å²) in [6.07, 6.45) is 0. The molecule has 0 unspecified atom stereocenters. The average Bonchev–Trinajstić information content (AvgIpc) is 2.79. The van der Waals surface area contributed by atoms with E-state index in [0.29, 0.717) is 47.0 Å². The van der Waals surface area contributed by atoms with Crippen LogP contribution < -0.4 is 0 Å². The third kappa shape index (κ3) is 4.32. The van der Waals surface area contributed by atoms with Crippen molar-refractivity contribution >= 4 is 46.4 Å². The van der Waals surface area contributed by atoms with Crippen molar-refractivity contribution in [2.24, 2.45) is 0 Å². The largest absolute Gasteiger partial charge is 0.465 e. The average molecular weight is 351 g/mol. The summed E-state index contributed by atoms with van der Waals surface area (Å²) in [7, 11) is 0. The van der Waals surface area contributed by atoms with Crippen molar-refractivity contribution in [1.29, 1.82) is 0 Å². The molecule has 0 aromatic carbocycles. The summed E-state index contributed by atoms with van der Waals surface area (Å²) in [6, 6.07) is 1.60. The van der Waals surface area contributed by atoms with E-state index in [1.54, 1.807) is 17.9 Å². The smallest absolute Gasteiger partial charge is 0.320 e. The van der Waals surface area contributed by atoms with Crippen molar-refractivity contribution in [3.63, 3.8) is 0 Å². The van der Waals surface area contributed by atoms with E-state index < -0.39 is 0 Å². The molecule has 1 saturated heterocycles. The van der Waals surface area contributed by atoms with Crippen molar-refractivity contribution in [2.45, 2.75) is 6.92 Å². The SMILES string of the molecule is CCOC(=O)CN1CCN(C(=O)c2cc(Cl)c(Cl)s2)CC1. The molecular weight excluding hydrogens is 335 g/mol. The van der Waals surface area contributed by atoms with E-state index in [9.17, 15) is 9.59 Å². The highest BCUT2D eigenvalue weighted by Crippen LogP contribution is 2.32. The second-order valence-corrected chi connectivity index (χ2v) is 6.67. The fourth-order valence-electron chi connectivity index (χ4n) is 2.11. The van der Waals surface area contributed by atoms with Crippen LogP contribution in [0, 0.1) is 0 Å². The van der Waals surface area contributed by atoms with Crippen LogP contribution in [-0.4, -0.2) is 61.0 Å². The molecule has 1 aliphatic rings. The zero-order valence-corrected chi connectivity index (χ0v) is 13.9. The van der Waals surface area contributed by atoms with Crippen LogP contribution in [-0.2, 0) is 9.53 Å². The summed E-state index contributed by atoms with van der Waals surface area (Å²) >= 11 is 12.9. The van der Waals surface area contributed by atoms with Gasteiger partial charge in [0.05, 0.1) is 23.1 Å². The molecule has 0 aliphatic carbocycles. The number of amides is 1. The Morgan fingerprint density at radius 1 is 1.29 bits per heavy atom. The molecule has 0 saturated carbocycles. The Hall–Kier alpha value is -0.820. The quantitative estimate of drug-likeness (QED) is 0.782. The maximum absolute atomic E-state index is 12.3. The third-order valence-electron chi connectivity index (χ3n) is 3.17. The van der Waals surface area contributed by atoms with Gasteiger partial charge in [-0.1, -0.05) is 23.2 Å². The van der Waals surface area contributed by atoms with Gasteiger partial charge in [-0.05, 0) is 13.0 Å². The van der Waals surface area contributed by atoms with Crippen LogP contribution in [0.25, 0.3) is 0 Å². The van der Waals surface area contributed by atoms with Gasteiger partial charge >= 0.3 is 5.97 Å². The first-order chi connectivity index (χ1) is 10.0. The van der Waals surface area contributed by atoms with Crippen molar-refractivity contribution in [3.05, 3.63) is 20.3 Å². The van der Waals surface area contributed by atoms with E-state index in [-0.39, 0.29) is 18.4 Å². The van der Waals surface area contributed by atoms with Gasteiger partial charge < -0.3 is 9.64 Å². The minimum Gasteiger partial charge on any atom is -0.465 e. The molecule has 1 fully saturated rings. The molecule has 1 aromatic rings. The van der Waals surface area contributed by atoms with Gasteiger partial charge in [0.2, 0.25) is 0 Å². The lowest BCUT2D eigenvalue weighted by Gasteiger charge is -2.33. The number of esters is 1. The molecule has 0 radical (unpaired) electrons. The number of halogens is 2. The highest BCUT2D eigenvalue weighted by molar-refractivity contribution is 7.18. The molecule has 0 N–H and O–H groups in total. The number of carbonyl (C=O) groups excluding carboxylic acids is 2. The molecule has 8 heteroatoms. The molecule has 0 bridgehead atoms. The predicted molar refractivity (Wildman–Crippen MR) is 83.3 cm³/mol. The third-order valence-corrected chi connectivity index (χ3v) is 5.03. The minimum absolute atomic E-state index is 0.0652. The van der Waals surface area contributed by atoms with Gasteiger partial charge in [0, 0.05) is 26.2 Å². The van der Waals surface area contributed by atoms with E-state index in [4.69, 9.17) is 27.9 Å². The standard InChI is InChI=1S/C13H16Cl2N2O3S/c1-2-20-11(18)8-16-3-5-17(6-4-16)13(19)10-7-9(14)12(15)21-10/h7H,2-6,8H2,1H3. The summed E-state index contributed by atoms with van der Waals surface area (Å²) in [5.41, 5.74) is 0. The summed E-state index contributed by atoms with van der Waals surface area (Å²) in [5.74, 6) is -0.293. The summed E-state index contributed by atoms with van der Waals surface area (Å²) in [4.78, 5) is 28.0. The number of hydrogen-bond acceptors (Lipinski definition) is 5. The Kier molecular flexibility index (Phi) is 5.87. The molecule has 21 heavy (non-hydrogen) atoms. The Labute approximate surface area is 137 Å². The van der Waals surface area contributed by atoms with Gasteiger partial charge in [-0.3, -0.25) is 14.5 Å². The summed E-state index contributed by atoms with van der Waals surface area (Å²) < 4.78 is 5.35. The fraction of sp³-hybridized carbons (Fsp3) is 0.538. The van der Waals surface area contributed by atoms with Gasteiger partial charge in [0.15, 0.2) is 0 Å². The van der Waals surface area contributed by atoms with Crippen LogP contribution in [0.3, 0.4) is 0 Å². The maximum Gasteiger partial charge on any atom is 0.320 e. The zero-order chi connectivity index (χ0) is 15.4. The first-order valence-electron chi connectivity index (χ1n) is 6.63. The molecule has 1 aromatic heterocycles. The maximum atomic E-state index is 12.3. The van der Waals surface area contributed by atoms with E-state index in [1.165, 1.54) is 11.3 Å². The van der Waals surface area contributed by atoms with Crippen LogP contribution in [0.4, 0.5) is 0 Å². The lowest BCUT2D eigenvalue weighted by molar-refractivity contribution is -0.144. The number of rotatable bonds is 4. The van der Waals surface area contributed by atoms with Crippen LogP contribution in [0.5, 0.6) is 0 Å². The second kappa shape index (κ2) is 7.45. The Morgan fingerprint density at radius 2 is 1.95 bits per heavy atom. The van der Waals surface area contributed by atoms with Gasteiger partial charge in [-0.25, -0.2) is 0 Å². The Balaban J connectivity index is 1.86. The molecule has 1 aliphatic heterocycles. The van der Waals surface area contributed by atoms with Gasteiger partial charge in [0.1, 0.15) is 4.34 Å². The van der Waals surface area contributed by atoms with E-state index >= 15 is 0 Å². The molecule has 5 nitrogen and oxygen atoms in total. The highest BCUT2D eigenvalue weighted by Gasteiger charge is 2.25. The van der Waals surface area contributed by atoms with E-state index in [1.807, 2.05) is 4.90 Å². The van der Waals surface area contributed by atoms with E-state index in [0.717, 1.165) is 0 Å². The van der Waals surface area contributed by atoms with Crippen LogP contribution in [0.15, 0.2) is 6.07 Å². The van der Waals surface area contributed by atoms with Crippen molar-refractivity contribution in [2.75, 3.05) is 39.3 Å². The molecular formula is C13H16Cl2N2O3S. The first-order valence-corrected chi connectivity index (χ1v) is 8.20. The normalized spacial score (nSPS) is 16.0. The topological polar surface area (TPSA) is 49.9 Å². The van der Waals surface area contributed by atoms with Crippen molar-refractivity contribution in [1.82, 2.24) is 9.80 Å². The first kappa shape index (κ1) is 16.5. The zero-order valence-electron chi connectivity index (χ0n) is 11.6. The molecule has 116 valence electrons. The Morgan fingerprint density at radius 3 is 2.48 bits per heavy atom. The highest BCUT2D eigenvalue weighted by atomic mass is 35.5. The van der Waals surface area contributed by atoms with Crippen LogP contribution in [0.1, 0.15) is 16.6 Å². The number of piperazine rings is 1. The van der Waals surface area contributed by atoms with Crippen LogP contribution in [0.2, 0.25) is 9.36 Å². The van der Waals surface area contributed by atoms with Gasteiger partial charge in [-0.15, -0.1) is 11.3 Å². The molecule has 0 atom stereocenters. The van der Waals surface area contributed by atoms with Crippen LogP contribution >= 0.6 is 34.5 Å². The Bertz CT molecular complexity index is 508. The second-order valence-electron chi connectivity index (χ2n) is 4.61. The summed E-state index contributed by atoms with van der Waals surface area (Å²) in [5, 5.41) is 0.408. The lowest BCUT2D eigenvalue weighted by atomic mass is 10.3. The molecule has 2 heterocycles.